The minimum Gasteiger partial charge on any atom is -0.350 e. The summed E-state index contributed by atoms with van der Waals surface area (Å²) in [5, 5.41) is 3.29. The molecule has 0 aliphatic heterocycles. The molecule has 0 unspecified atom stereocenters. The van der Waals surface area contributed by atoms with Crippen LogP contribution in [0.25, 0.3) is 0 Å². The Morgan fingerprint density at radius 1 is 1.35 bits per heavy atom. The van der Waals surface area contributed by atoms with Crippen LogP contribution in [-0.2, 0) is 4.79 Å². The van der Waals surface area contributed by atoms with Crippen LogP contribution in [0.3, 0.4) is 0 Å². The maximum Gasteiger partial charge on any atom is 0.223 e. The molecule has 2 rings (SSSR count). The molecule has 0 saturated heterocycles. The van der Waals surface area contributed by atoms with Gasteiger partial charge in [-0.15, -0.1) is 12.4 Å². The monoisotopic (exact) mass is 260 g/mol. The number of nitrogens with one attached hydrogen (secondary N) is 1. The molecule has 0 bridgehead atoms. The van der Waals surface area contributed by atoms with Gasteiger partial charge in [-0.25, -0.2) is 0 Å². The minimum absolute atomic E-state index is 0. The molecule has 2 aliphatic carbocycles. The summed E-state index contributed by atoms with van der Waals surface area (Å²) in [7, 11) is 0. The summed E-state index contributed by atoms with van der Waals surface area (Å²) in [6.07, 6.45) is 7.99. The van der Waals surface area contributed by atoms with Crippen LogP contribution < -0.4 is 11.1 Å². The first-order valence-corrected chi connectivity index (χ1v) is 6.73. The van der Waals surface area contributed by atoms with Crippen molar-refractivity contribution in [2.75, 3.05) is 6.54 Å². The molecule has 2 saturated carbocycles. The van der Waals surface area contributed by atoms with Crippen LogP contribution in [0.15, 0.2) is 0 Å². The van der Waals surface area contributed by atoms with Gasteiger partial charge in [0.25, 0.3) is 0 Å². The van der Waals surface area contributed by atoms with Crippen LogP contribution in [0, 0.1) is 11.8 Å². The van der Waals surface area contributed by atoms with Gasteiger partial charge < -0.3 is 11.1 Å². The third-order valence-electron chi connectivity index (χ3n) is 4.67. The Labute approximate surface area is 110 Å². The van der Waals surface area contributed by atoms with Crippen molar-refractivity contribution in [2.24, 2.45) is 17.6 Å². The predicted molar refractivity (Wildman–Crippen MR) is 72.1 cm³/mol. The molecule has 0 aromatic heterocycles. The molecule has 3 nitrogen and oxygen atoms in total. The van der Waals surface area contributed by atoms with Crippen molar-refractivity contribution in [3.63, 3.8) is 0 Å². The summed E-state index contributed by atoms with van der Waals surface area (Å²) < 4.78 is 0. The Hall–Kier alpha value is -0.280. The molecular weight excluding hydrogens is 236 g/mol. The van der Waals surface area contributed by atoms with E-state index in [-0.39, 0.29) is 29.8 Å². The number of amides is 1. The second-order valence-electron chi connectivity index (χ2n) is 5.51. The first-order chi connectivity index (χ1) is 7.71. The van der Waals surface area contributed by atoms with E-state index >= 15 is 0 Å². The van der Waals surface area contributed by atoms with Gasteiger partial charge in [0.2, 0.25) is 5.91 Å². The molecule has 2 atom stereocenters. The first-order valence-electron chi connectivity index (χ1n) is 6.73. The van der Waals surface area contributed by atoms with Crippen LogP contribution in [0.2, 0.25) is 0 Å². The highest BCUT2D eigenvalue weighted by Gasteiger charge is 2.40. The first kappa shape index (κ1) is 14.8. The van der Waals surface area contributed by atoms with E-state index in [1.165, 1.54) is 12.8 Å². The third kappa shape index (κ3) is 2.94. The summed E-state index contributed by atoms with van der Waals surface area (Å²) in [6.45, 7) is 2.84. The van der Waals surface area contributed by atoms with Gasteiger partial charge in [-0.2, -0.15) is 0 Å². The largest absolute Gasteiger partial charge is 0.350 e. The van der Waals surface area contributed by atoms with E-state index in [0.717, 1.165) is 32.1 Å². The number of nitrogens with two attached hydrogens (primary N) is 1. The number of hydrogen-bond acceptors (Lipinski definition) is 2. The lowest BCUT2D eigenvalue weighted by atomic mass is 9.74. The maximum atomic E-state index is 12.2. The number of hydrogen-bond donors (Lipinski definition) is 2. The van der Waals surface area contributed by atoms with Crippen LogP contribution in [0.5, 0.6) is 0 Å². The van der Waals surface area contributed by atoms with Gasteiger partial charge in [0.05, 0.1) is 0 Å². The van der Waals surface area contributed by atoms with Crippen LogP contribution >= 0.6 is 12.4 Å². The van der Waals surface area contributed by atoms with Crippen molar-refractivity contribution < 1.29 is 4.79 Å². The zero-order valence-corrected chi connectivity index (χ0v) is 11.5. The standard InChI is InChI=1S/C13H24N2O.ClH/c1-2-13(7-4-8-13)15-12(16)11-6-3-5-10(11)9-14;/h10-11H,2-9,14H2,1H3,(H,15,16);1H/t10-,11-;/m1./s1. The molecular formula is C13H25ClN2O. The summed E-state index contributed by atoms with van der Waals surface area (Å²) in [5.41, 5.74) is 5.86. The smallest absolute Gasteiger partial charge is 0.223 e. The molecule has 2 fully saturated rings. The van der Waals surface area contributed by atoms with Crippen molar-refractivity contribution in [1.82, 2.24) is 5.32 Å². The lowest BCUT2D eigenvalue weighted by Gasteiger charge is -2.43. The van der Waals surface area contributed by atoms with E-state index in [1.54, 1.807) is 0 Å². The van der Waals surface area contributed by atoms with E-state index in [0.29, 0.717) is 12.5 Å². The highest BCUT2D eigenvalue weighted by atomic mass is 35.5. The molecule has 0 aromatic carbocycles. The minimum atomic E-state index is 0. The molecule has 2 aliphatic rings. The summed E-state index contributed by atoms with van der Waals surface area (Å²) in [5.74, 6) is 0.887. The van der Waals surface area contributed by atoms with Crippen LogP contribution in [-0.4, -0.2) is 18.0 Å². The van der Waals surface area contributed by atoms with Crippen molar-refractivity contribution in [3.05, 3.63) is 0 Å². The molecule has 0 radical (unpaired) electrons. The van der Waals surface area contributed by atoms with Gasteiger partial charge in [-0.3, -0.25) is 4.79 Å². The normalized spacial score (nSPS) is 30.2. The van der Waals surface area contributed by atoms with Gasteiger partial charge >= 0.3 is 0 Å². The van der Waals surface area contributed by atoms with Crippen LogP contribution in [0.4, 0.5) is 0 Å². The van der Waals surface area contributed by atoms with Crippen molar-refractivity contribution in [3.8, 4) is 0 Å². The lowest BCUT2D eigenvalue weighted by molar-refractivity contribution is -0.129. The number of rotatable bonds is 4. The van der Waals surface area contributed by atoms with Gasteiger partial charge in [0, 0.05) is 11.5 Å². The fraction of sp³-hybridized carbons (Fsp3) is 0.923. The quantitative estimate of drug-likeness (QED) is 0.815. The molecule has 3 N–H and O–H groups in total. The zero-order valence-electron chi connectivity index (χ0n) is 10.7. The van der Waals surface area contributed by atoms with Gasteiger partial charge in [0.1, 0.15) is 0 Å². The van der Waals surface area contributed by atoms with E-state index in [9.17, 15) is 4.79 Å². The van der Waals surface area contributed by atoms with Gasteiger partial charge in [0.15, 0.2) is 0 Å². The Morgan fingerprint density at radius 2 is 2.06 bits per heavy atom. The average molecular weight is 261 g/mol. The highest BCUT2D eigenvalue weighted by Crippen LogP contribution is 2.37. The lowest BCUT2D eigenvalue weighted by Crippen LogP contribution is -2.55. The molecule has 0 aromatic rings. The Bertz CT molecular complexity index is 261. The molecule has 0 heterocycles. The fourth-order valence-corrected chi connectivity index (χ4v) is 3.19. The molecule has 100 valence electrons. The van der Waals surface area contributed by atoms with E-state index in [4.69, 9.17) is 5.73 Å². The molecule has 1 amide bonds. The van der Waals surface area contributed by atoms with Crippen molar-refractivity contribution in [1.29, 1.82) is 0 Å². The van der Waals surface area contributed by atoms with Crippen molar-refractivity contribution >= 4 is 18.3 Å². The number of carbonyl (C=O) groups excluding carboxylic acids is 1. The molecule has 4 heteroatoms. The molecule has 17 heavy (non-hydrogen) atoms. The van der Waals surface area contributed by atoms with Gasteiger partial charge in [-0.05, 0) is 51.0 Å². The van der Waals surface area contributed by atoms with E-state index < -0.39 is 0 Å². The molecule has 0 spiro atoms. The summed E-state index contributed by atoms with van der Waals surface area (Å²) in [6, 6.07) is 0. The summed E-state index contributed by atoms with van der Waals surface area (Å²) in [4.78, 5) is 12.2. The van der Waals surface area contributed by atoms with E-state index in [1.807, 2.05) is 0 Å². The number of halogens is 1. The Morgan fingerprint density at radius 3 is 2.53 bits per heavy atom. The van der Waals surface area contributed by atoms with Crippen LogP contribution in [0.1, 0.15) is 51.9 Å². The second kappa shape index (κ2) is 6.05. The SMILES string of the molecule is CCC1(NC(=O)[C@@H]2CCC[C@@H]2CN)CCC1.Cl. The Kier molecular flexibility index (Phi) is 5.26. The highest BCUT2D eigenvalue weighted by molar-refractivity contribution is 5.85. The second-order valence-corrected chi connectivity index (χ2v) is 5.51. The average Bonchev–Trinajstić information content (AvgIpc) is 2.71. The van der Waals surface area contributed by atoms with E-state index in [2.05, 4.69) is 12.2 Å². The fourth-order valence-electron chi connectivity index (χ4n) is 3.19. The predicted octanol–water partition coefficient (Wildman–Crippen LogP) is 2.23. The number of carbonyl (C=O) groups is 1. The summed E-state index contributed by atoms with van der Waals surface area (Å²) >= 11 is 0. The topological polar surface area (TPSA) is 55.1 Å². The Balaban J connectivity index is 0.00000144. The zero-order chi connectivity index (χ0) is 11.6. The van der Waals surface area contributed by atoms with Crippen molar-refractivity contribution in [2.45, 2.75) is 57.4 Å². The third-order valence-corrected chi connectivity index (χ3v) is 4.67. The van der Waals surface area contributed by atoms with Gasteiger partial charge in [-0.1, -0.05) is 13.3 Å². The maximum absolute atomic E-state index is 12.2.